The van der Waals surface area contributed by atoms with Crippen molar-refractivity contribution in [3.63, 3.8) is 0 Å². The van der Waals surface area contributed by atoms with Crippen molar-refractivity contribution in [2.24, 2.45) is 5.41 Å². The van der Waals surface area contributed by atoms with Crippen molar-refractivity contribution in [1.29, 1.82) is 0 Å². The molecule has 33 heavy (non-hydrogen) atoms. The number of nitrogens with one attached hydrogen (secondary N) is 1. The molecule has 2 aliphatic carbocycles. The van der Waals surface area contributed by atoms with Crippen LogP contribution in [0.3, 0.4) is 0 Å². The lowest BCUT2D eigenvalue weighted by molar-refractivity contribution is -0.274. The van der Waals surface area contributed by atoms with E-state index >= 15 is 0 Å². The zero-order valence-electron chi connectivity index (χ0n) is 17.9. The number of ether oxygens (including phenoxy) is 1. The largest absolute Gasteiger partial charge is 0.573 e. The Kier molecular flexibility index (Phi) is 5.58. The number of carbonyl (C=O) groups is 2. The summed E-state index contributed by atoms with van der Waals surface area (Å²) in [6.07, 6.45) is -2.14. The molecular formula is C22H22F3NO6S. The molecule has 0 saturated heterocycles. The second-order valence-corrected chi connectivity index (χ2v) is 9.70. The maximum atomic E-state index is 13.1. The molecule has 178 valence electrons. The first-order chi connectivity index (χ1) is 15.3. The van der Waals surface area contributed by atoms with Crippen molar-refractivity contribution in [2.45, 2.75) is 58.2 Å². The molecule has 2 unspecified atom stereocenters. The molecule has 7 nitrogen and oxygen atoms in total. The summed E-state index contributed by atoms with van der Waals surface area (Å²) in [6.45, 7) is 2.90. The minimum Gasteiger partial charge on any atom is -0.402 e. The van der Waals surface area contributed by atoms with Crippen LogP contribution in [-0.2, 0) is 26.3 Å². The van der Waals surface area contributed by atoms with Crippen molar-refractivity contribution in [3.8, 4) is 11.5 Å². The Morgan fingerprint density at radius 1 is 1.21 bits per heavy atom. The first-order valence-corrected chi connectivity index (χ1v) is 11.9. The molecule has 2 aromatic carbocycles. The van der Waals surface area contributed by atoms with Crippen molar-refractivity contribution in [2.75, 3.05) is 0 Å². The second-order valence-electron chi connectivity index (χ2n) is 8.42. The van der Waals surface area contributed by atoms with Crippen LogP contribution in [-0.4, -0.2) is 26.5 Å². The van der Waals surface area contributed by atoms with Crippen LogP contribution < -0.4 is 13.6 Å². The minimum absolute atomic E-state index is 0.00814. The molecule has 0 aromatic heterocycles. The molecule has 11 heteroatoms. The Hall–Kier alpha value is -2.82. The first kappa shape index (κ1) is 23.3. The van der Waals surface area contributed by atoms with Gasteiger partial charge in [-0.25, -0.2) is 4.72 Å². The molecule has 0 heterocycles. The molecule has 0 radical (unpaired) electrons. The van der Waals surface area contributed by atoms with Crippen LogP contribution in [0.4, 0.5) is 13.2 Å². The summed E-state index contributed by atoms with van der Waals surface area (Å²) < 4.78 is 73.6. The number of halogens is 3. The lowest BCUT2D eigenvalue weighted by Gasteiger charge is -2.39. The van der Waals surface area contributed by atoms with Gasteiger partial charge in [-0.3, -0.25) is 9.59 Å². The van der Waals surface area contributed by atoms with Crippen LogP contribution >= 0.6 is 0 Å². The van der Waals surface area contributed by atoms with E-state index in [1.54, 1.807) is 6.07 Å². The van der Waals surface area contributed by atoms with Gasteiger partial charge in [-0.15, -0.1) is 13.2 Å². The normalized spacial score (nSPS) is 22.6. The molecule has 2 aromatic rings. The van der Waals surface area contributed by atoms with Gasteiger partial charge < -0.3 is 8.92 Å². The number of fused-ring (bicyclic) bond motifs is 5. The highest BCUT2D eigenvalue weighted by Gasteiger charge is 2.51. The fraction of sp³-hybridized carbons (Fsp3) is 0.455. The summed E-state index contributed by atoms with van der Waals surface area (Å²) in [5.41, 5.74) is 1.31. The molecule has 4 rings (SSSR count). The molecule has 2 aliphatic rings. The zero-order chi connectivity index (χ0) is 24.2. The zero-order valence-corrected chi connectivity index (χ0v) is 18.7. The molecule has 1 amide bonds. The summed E-state index contributed by atoms with van der Waals surface area (Å²) in [4.78, 5) is 23.7. The SMILES string of the molecule is CCC12CCc3c(ccc4cc(OS(=O)(=O)NC(C)=O)c(OC(F)(F)F)cc34)C1CCC2=O. The number of alkyl halides is 3. The van der Waals surface area contributed by atoms with E-state index in [0.29, 0.717) is 42.9 Å². The number of aryl methyl sites for hydroxylation is 1. The van der Waals surface area contributed by atoms with E-state index in [0.717, 1.165) is 30.2 Å². The molecule has 2 atom stereocenters. The average molecular weight is 485 g/mol. The topological polar surface area (TPSA) is 98.8 Å². The summed E-state index contributed by atoms with van der Waals surface area (Å²) in [7, 11) is -4.71. The lowest BCUT2D eigenvalue weighted by Crippen LogP contribution is -2.35. The quantitative estimate of drug-likeness (QED) is 0.679. The van der Waals surface area contributed by atoms with Gasteiger partial charge in [0.2, 0.25) is 5.91 Å². The monoisotopic (exact) mass is 485 g/mol. The van der Waals surface area contributed by atoms with E-state index in [2.05, 4.69) is 4.74 Å². The van der Waals surface area contributed by atoms with E-state index in [1.165, 1.54) is 4.72 Å². The smallest absolute Gasteiger partial charge is 0.402 e. The highest BCUT2D eigenvalue weighted by atomic mass is 32.2. The summed E-state index contributed by atoms with van der Waals surface area (Å²) in [5, 5.41) is 0.921. The third-order valence-corrected chi connectivity index (χ3v) is 7.57. The Morgan fingerprint density at radius 2 is 1.94 bits per heavy atom. The Balaban J connectivity index is 1.85. The van der Waals surface area contributed by atoms with E-state index in [4.69, 9.17) is 4.18 Å². The first-order valence-electron chi connectivity index (χ1n) is 10.5. The Bertz CT molecular complexity index is 1260. The summed E-state index contributed by atoms with van der Waals surface area (Å²) >= 11 is 0. The van der Waals surface area contributed by atoms with Gasteiger partial charge in [0.05, 0.1) is 0 Å². The molecular weight excluding hydrogens is 463 g/mol. The number of Topliss-reactive ketones (excluding diaryl/α,β-unsaturated/α-hetero) is 1. The number of amides is 1. The van der Waals surface area contributed by atoms with E-state index < -0.39 is 39.5 Å². The molecule has 1 fully saturated rings. The standard InChI is InChI=1S/C22H22F3NO6S/c1-3-21-9-8-14-15(17(21)6-7-20(21)28)5-4-13-10-19(32-33(29,30)26-12(2)27)18(11-16(13)14)31-22(23,24)25/h4-5,10-11,17H,3,6-9H2,1-2H3,(H,26,27). The molecule has 0 bridgehead atoms. The second kappa shape index (κ2) is 7.89. The third kappa shape index (κ3) is 4.25. The van der Waals surface area contributed by atoms with Crippen LogP contribution in [0.25, 0.3) is 10.8 Å². The van der Waals surface area contributed by atoms with Gasteiger partial charge in [0.15, 0.2) is 11.5 Å². The van der Waals surface area contributed by atoms with Crippen molar-refractivity contribution in [3.05, 3.63) is 35.4 Å². The maximum absolute atomic E-state index is 13.1. The predicted octanol–water partition coefficient (Wildman–Crippen LogP) is 4.29. The van der Waals surface area contributed by atoms with Crippen LogP contribution in [0.15, 0.2) is 24.3 Å². The van der Waals surface area contributed by atoms with Crippen molar-refractivity contribution < 1.29 is 40.1 Å². The lowest BCUT2D eigenvalue weighted by atomic mass is 9.63. The predicted molar refractivity (Wildman–Crippen MR) is 112 cm³/mol. The van der Waals surface area contributed by atoms with Gasteiger partial charge in [0.1, 0.15) is 5.78 Å². The van der Waals surface area contributed by atoms with Crippen molar-refractivity contribution in [1.82, 2.24) is 4.72 Å². The highest BCUT2D eigenvalue weighted by Crippen LogP contribution is 2.56. The van der Waals surface area contributed by atoms with Gasteiger partial charge in [-0.05, 0) is 65.6 Å². The van der Waals surface area contributed by atoms with Crippen LogP contribution in [0.2, 0.25) is 0 Å². The van der Waals surface area contributed by atoms with Gasteiger partial charge in [0, 0.05) is 18.8 Å². The number of hydrogen-bond acceptors (Lipinski definition) is 6. The average Bonchev–Trinajstić information content (AvgIpc) is 3.03. The summed E-state index contributed by atoms with van der Waals surface area (Å²) in [5.74, 6) is -2.29. The van der Waals surface area contributed by atoms with Crippen molar-refractivity contribution >= 4 is 32.8 Å². The van der Waals surface area contributed by atoms with E-state index in [1.807, 2.05) is 13.0 Å². The number of rotatable bonds is 5. The maximum Gasteiger partial charge on any atom is 0.573 e. The van der Waals surface area contributed by atoms with Gasteiger partial charge in [-0.2, -0.15) is 8.42 Å². The molecule has 0 aliphatic heterocycles. The van der Waals surface area contributed by atoms with Crippen LogP contribution in [0.1, 0.15) is 56.6 Å². The Labute approximate surface area is 188 Å². The molecule has 1 saturated carbocycles. The third-order valence-electron chi connectivity index (χ3n) is 6.64. The Morgan fingerprint density at radius 3 is 2.58 bits per heavy atom. The van der Waals surface area contributed by atoms with Gasteiger partial charge >= 0.3 is 16.7 Å². The fourth-order valence-corrected chi connectivity index (χ4v) is 6.09. The minimum atomic E-state index is -5.10. The van der Waals surface area contributed by atoms with Gasteiger partial charge in [0.25, 0.3) is 0 Å². The number of ketones is 1. The van der Waals surface area contributed by atoms with Gasteiger partial charge in [-0.1, -0.05) is 19.1 Å². The summed E-state index contributed by atoms with van der Waals surface area (Å²) in [6, 6.07) is 5.76. The van der Waals surface area contributed by atoms with E-state index in [9.17, 15) is 31.2 Å². The van der Waals surface area contributed by atoms with E-state index in [-0.39, 0.29) is 11.7 Å². The number of benzene rings is 2. The fourth-order valence-electron chi connectivity index (χ4n) is 5.33. The molecule has 1 N–H and O–H groups in total. The number of carbonyl (C=O) groups excluding carboxylic acids is 2. The molecule has 0 spiro atoms. The number of hydrogen-bond donors (Lipinski definition) is 1. The van der Waals surface area contributed by atoms with Crippen LogP contribution in [0.5, 0.6) is 11.5 Å². The van der Waals surface area contributed by atoms with Crippen LogP contribution in [0, 0.1) is 5.41 Å². The highest BCUT2D eigenvalue weighted by molar-refractivity contribution is 7.85.